The molecule has 0 amide bonds. The summed E-state index contributed by atoms with van der Waals surface area (Å²) in [5.74, 6) is 1.85. The number of hydrogen-bond acceptors (Lipinski definition) is 4. The summed E-state index contributed by atoms with van der Waals surface area (Å²) in [6.45, 7) is 2.08. The summed E-state index contributed by atoms with van der Waals surface area (Å²) in [7, 11) is 0. The van der Waals surface area contributed by atoms with E-state index in [1.807, 2.05) is 17.8 Å². The molecule has 1 saturated carbocycles. The zero-order valence-electron chi connectivity index (χ0n) is 10.9. The first kappa shape index (κ1) is 14.1. The van der Waals surface area contributed by atoms with Gasteiger partial charge < -0.3 is 5.32 Å². The number of aryl methyl sites for hydroxylation is 1. The van der Waals surface area contributed by atoms with Crippen LogP contribution in [-0.2, 0) is 6.42 Å². The van der Waals surface area contributed by atoms with Crippen molar-refractivity contribution in [1.82, 2.24) is 9.97 Å². The number of thioether (sulfide) groups is 1. The van der Waals surface area contributed by atoms with E-state index in [-0.39, 0.29) is 0 Å². The van der Waals surface area contributed by atoms with Gasteiger partial charge in [0.25, 0.3) is 0 Å². The largest absolute Gasteiger partial charge is 0.366 e. The number of hydrogen-bond donors (Lipinski definition) is 1. The Hall–Kier alpha value is -0.290. The normalized spacial score (nSPS) is 23.9. The molecule has 100 valence electrons. The maximum atomic E-state index is 4.55. The number of nitrogens with zero attached hydrogens (tertiary/aromatic N) is 2. The molecule has 3 nitrogen and oxygen atoms in total. The first-order chi connectivity index (χ1) is 8.72. The van der Waals surface area contributed by atoms with E-state index in [9.17, 15) is 0 Å². The Morgan fingerprint density at radius 2 is 2.17 bits per heavy atom. The molecule has 0 bridgehead atoms. The fourth-order valence-electron chi connectivity index (χ4n) is 2.43. The van der Waals surface area contributed by atoms with E-state index in [0.717, 1.165) is 22.7 Å². The highest BCUT2D eigenvalue weighted by Crippen LogP contribution is 2.29. The molecule has 1 heterocycles. The smallest absolute Gasteiger partial charge is 0.131 e. The molecular weight excluding hydrogens is 310 g/mol. The van der Waals surface area contributed by atoms with Crippen LogP contribution >= 0.6 is 27.7 Å². The maximum Gasteiger partial charge on any atom is 0.131 e. The van der Waals surface area contributed by atoms with Gasteiger partial charge in [0.2, 0.25) is 0 Å². The van der Waals surface area contributed by atoms with Gasteiger partial charge in [0, 0.05) is 23.8 Å². The molecule has 2 unspecified atom stereocenters. The standard InChI is InChI=1S/C13H20BrN3S/c1-3-12-16-11(14)8-13(17-12)15-9-6-4-5-7-10(9)18-2/h8-10H,3-7H2,1-2H3,(H,15,16,17). The van der Waals surface area contributed by atoms with Crippen molar-refractivity contribution in [3.05, 3.63) is 16.5 Å². The average molecular weight is 330 g/mol. The summed E-state index contributed by atoms with van der Waals surface area (Å²) in [5, 5.41) is 4.30. The van der Waals surface area contributed by atoms with E-state index in [0.29, 0.717) is 11.3 Å². The summed E-state index contributed by atoms with van der Waals surface area (Å²) in [4.78, 5) is 8.90. The van der Waals surface area contributed by atoms with Crippen LogP contribution in [0.2, 0.25) is 0 Å². The van der Waals surface area contributed by atoms with Crippen molar-refractivity contribution in [2.24, 2.45) is 0 Å². The summed E-state index contributed by atoms with van der Waals surface area (Å²) in [5.41, 5.74) is 0. The lowest BCUT2D eigenvalue weighted by Crippen LogP contribution is -2.34. The van der Waals surface area contributed by atoms with Gasteiger partial charge in [-0.15, -0.1) is 0 Å². The van der Waals surface area contributed by atoms with Crippen LogP contribution in [0.3, 0.4) is 0 Å². The zero-order valence-corrected chi connectivity index (χ0v) is 13.4. The number of rotatable bonds is 4. The van der Waals surface area contributed by atoms with Gasteiger partial charge in [-0.1, -0.05) is 19.8 Å². The molecule has 1 fully saturated rings. The van der Waals surface area contributed by atoms with Crippen molar-refractivity contribution >= 4 is 33.5 Å². The molecule has 5 heteroatoms. The lowest BCUT2D eigenvalue weighted by Gasteiger charge is -2.31. The molecule has 2 rings (SSSR count). The van der Waals surface area contributed by atoms with Crippen molar-refractivity contribution in [2.75, 3.05) is 11.6 Å². The van der Waals surface area contributed by atoms with Crippen molar-refractivity contribution in [2.45, 2.75) is 50.3 Å². The molecule has 0 aromatic carbocycles. The second-order valence-corrected chi connectivity index (χ2v) is 6.54. The van der Waals surface area contributed by atoms with Gasteiger partial charge in [-0.25, -0.2) is 9.97 Å². The van der Waals surface area contributed by atoms with Crippen LogP contribution in [-0.4, -0.2) is 27.5 Å². The number of halogens is 1. The van der Waals surface area contributed by atoms with Crippen LogP contribution in [0.5, 0.6) is 0 Å². The number of aromatic nitrogens is 2. The van der Waals surface area contributed by atoms with Gasteiger partial charge in [0.15, 0.2) is 0 Å². The zero-order chi connectivity index (χ0) is 13.0. The minimum absolute atomic E-state index is 0.542. The van der Waals surface area contributed by atoms with Crippen LogP contribution in [0.4, 0.5) is 5.82 Å². The van der Waals surface area contributed by atoms with Crippen molar-refractivity contribution < 1.29 is 0 Å². The SMILES string of the molecule is CCc1nc(Br)cc(NC2CCCCC2SC)n1. The number of nitrogens with one attached hydrogen (secondary N) is 1. The first-order valence-corrected chi connectivity index (χ1v) is 8.63. The highest BCUT2D eigenvalue weighted by atomic mass is 79.9. The van der Waals surface area contributed by atoms with Crippen LogP contribution in [0.15, 0.2) is 10.7 Å². The number of anilines is 1. The Kier molecular flexibility index (Phi) is 5.30. The third-order valence-corrected chi connectivity index (χ3v) is 4.97. The lowest BCUT2D eigenvalue weighted by atomic mass is 9.95. The third-order valence-electron chi connectivity index (χ3n) is 3.40. The Bertz CT molecular complexity index is 400. The average Bonchev–Trinajstić information content (AvgIpc) is 2.38. The minimum Gasteiger partial charge on any atom is -0.366 e. The van der Waals surface area contributed by atoms with Crippen LogP contribution in [0.1, 0.15) is 38.4 Å². The lowest BCUT2D eigenvalue weighted by molar-refractivity contribution is 0.474. The predicted octanol–water partition coefficient (Wildman–Crippen LogP) is 3.89. The van der Waals surface area contributed by atoms with Gasteiger partial charge >= 0.3 is 0 Å². The maximum absolute atomic E-state index is 4.55. The molecule has 2 atom stereocenters. The summed E-state index contributed by atoms with van der Waals surface area (Å²) >= 11 is 5.42. The predicted molar refractivity (Wildman–Crippen MR) is 82.3 cm³/mol. The van der Waals surface area contributed by atoms with Crippen molar-refractivity contribution in [3.63, 3.8) is 0 Å². The molecule has 1 aliphatic carbocycles. The van der Waals surface area contributed by atoms with E-state index in [1.165, 1.54) is 25.7 Å². The van der Waals surface area contributed by atoms with E-state index in [4.69, 9.17) is 0 Å². The molecule has 0 saturated heterocycles. The molecule has 1 aromatic rings. The van der Waals surface area contributed by atoms with Crippen molar-refractivity contribution in [3.8, 4) is 0 Å². The van der Waals surface area contributed by atoms with E-state index >= 15 is 0 Å². The van der Waals surface area contributed by atoms with Crippen molar-refractivity contribution in [1.29, 1.82) is 0 Å². The summed E-state index contributed by atoms with van der Waals surface area (Å²) in [6.07, 6.45) is 8.31. The second kappa shape index (κ2) is 6.75. The Morgan fingerprint density at radius 3 is 2.89 bits per heavy atom. The first-order valence-electron chi connectivity index (χ1n) is 6.55. The Morgan fingerprint density at radius 1 is 1.39 bits per heavy atom. The Labute approximate surface area is 122 Å². The highest BCUT2D eigenvalue weighted by molar-refractivity contribution is 9.10. The van der Waals surface area contributed by atoms with Crippen LogP contribution in [0.25, 0.3) is 0 Å². The van der Waals surface area contributed by atoms with Gasteiger partial charge in [0.05, 0.1) is 0 Å². The van der Waals surface area contributed by atoms with Crippen LogP contribution in [0, 0.1) is 0 Å². The molecule has 0 radical (unpaired) electrons. The van der Waals surface area contributed by atoms with Gasteiger partial charge in [0.1, 0.15) is 16.2 Å². The molecule has 0 aliphatic heterocycles. The molecule has 1 N–H and O–H groups in total. The van der Waals surface area contributed by atoms with Gasteiger partial charge in [-0.2, -0.15) is 11.8 Å². The second-order valence-electron chi connectivity index (χ2n) is 4.66. The van der Waals surface area contributed by atoms with E-state index < -0.39 is 0 Å². The van der Waals surface area contributed by atoms with E-state index in [2.05, 4.69) is 44.4 Å². The van der Waals surface area contributed by atoms with Crippen LogP contribution < -0.4 is 5.32 Å². The monoisotopic (exact) mass is 329 g/mol. The quantitative estimate of drug-likeness (QED) is 0.850. The summed E-state index contributed by atoms with van der Waals surface area (Å²) < 4.78 is 0.869. The highest BCUT2D eigenvalue weighted by Gasteiger charge is 2.24. The van der Waals surface area contributed by atoms with Gasteiger partial charge in [-0.3, -0.25) is 0 Å². The molecule has 0 spiro atoms. The Balaban J connectivity index is 2.09. The van der Waals surface area contributed by atoms with Gasteiger partial charge in [-0.05, 0) is 35.0 Å². The fraction of sp³-hybridized carbons (Fsp3) is 0.692. The molecule has 1 aliphatic rings. The fourth-order valence-corrected chi connectivity index (χ4v) is 3.79. The molecule has 18 heavy (non-hydrogen) atoms. The van der Waals surface area contributed by atoms with E-state index in [1.54, 1.807) is 0 Å². The summed E-state index contributed by atoms with van der Waals surface area (Å²) in [6, 6.07) is 2.52. The topological polar surface area (TPSA) is 37.8 Å². The molecular formula is C13H20BrN3S. The minimum atomic E-state index is 0.542. The molecule has 1 aromatic heterocycles. The third kappa shape index (κ3) is 3.60.